The van der Waals surface area contributed by atoms with Gasteiger partial charge in [0.25, 0.3) is 0 Å². The van der Waals surface area contributed by atoms with Gasteiger partial charge in [-0.15, -0.1) is 0 Å². The molecular formula is C16H24NO8P. The van der Waals surface area contributed by atoms with E-state index >= 15 is 0 Å². The number of amides is 1. The molecule has 2 aliphatic rings. The summed E-state index contributed by atoms with van der Waals surface area (Å²) in [5, 5.41) is 20.1. The fourth-order valence-corrected chi connectivity index (χ4v) is 3.38. The van der Waals surface area contributed by atoms with Crippen molar-refractivity contribution < 1.29 is 38.6 Å². The first-order valence-electron chi connectivity index (χ1n) is 8.16. The number of ether oxygens (including phenoxy) is 1. The predicted octanol–water partition coefficient (Wildman–Crippen LogP) is -0.0909. The van der Waals surface area contributed by atoms with Gasteiger partial charge in [0, 0.05) is 5.57 Å². The first kappa shape index (κ1) is 21.0. The number of phosphoric ester groups is 1. The summed E-state index contributed by atoms with van der Waals surface area (Å²) in [4.78, 5) is 28.7. The molecule has 0 spiro atoms. The lowest BCUT2D eigenvalue weighted by molar-refractivity contribution is -0.114. The Balaban J connectivity index is 1.92. The van der Waals surface area contributed by atoms with Gasteiger partial charge in [-0.1, -0.05) is 17.7 Å². The number of hydrogen-bond donors (Lipinski definition) is 5. The highest BCUT2D eigenvalue weighted by Crippen LogP contribution is 2.37. The molecule has 2 rings (SSSR count). The van der Waals surface area contributed by atoms with Crippen molar-refractivity contribution in [2.75, 3.05) is 6.61 Å². The maximum Gasteiger partial charge on any atom is 0.469 e. The molecule has 0 aromatic heterocycles. The normalized spacial score (nSPS) is 32.1. The van der Waals surface area contributed by atoms with Crippen LogP contribution in [-0.4, -0.2) is 56.9 Å². The molecule has 1 unspecified atom stereocenters. The average Bonchev–Trinajstić information content (AvgIpc) is 2.70. The van der Waals surface area contributed by atoms with Crippen molar-refractivity contribution in [1.29, 1.82) is 0 Å². The monoisotopic (exact) mass is 389 g/mol. The van der Waals surface area contributed by atoms with Crippen LogP contribution in [0.25, 0.3) is 0 Å². The van der Waals surface area contributed by atoms with Gasteiger partial charge in [0.15, 0.2) is 0 Å². The molecule has 1 fully saturated rings. The molecule has 146 valence electrons. The summed E-state index contributed by atoms with van der Waals surface area (Å²) in [7, 11) is -4.68. The summed E-state index contributed by atoms with van der Waals surface area (Å²) in [6.45, 7) is 1.35. The van der Waals surface area contributed by atoms with Gasteiger partial charge in [-0.25, -0.2) is 4.57 Å². The van der Waals surface area contributed by atoms with Gasteiger partial charge in [0.05, 0.1) is 12.7 Å². The quantitative estimate of drug-likeness (QED) is 0.378. The summed E-state index contributed by atoms with van der Waals surface area (Å²) in [6, 6.07) is 0. The third-order valence-corrected chi connectivity index (χ3v) is 4.99. The highest BCUT2D eigenvalue weighted by molar-refractivity contribution is 7.46. The van der Waals surface area contributed by atoms with Crippen molar-refractivity contribution in [3.8, 4) is 0 Å². The summed E-state index contributed by atoms with van der Waals surface area (Å²) in [5.41, 5.74) is 6.63. The van der Waals surface area contributed by atoms with E-state index in [2.05, 4.69) is 4.52 Å². The average molecular weight is 389 g/mol. The van der Waals surface area contributed by atoms with Gasteiger partial charge in [-0.2, -0.15) is 0 Å². The van der Waals surface area contributed by atoms with E-state index in [0.717, 1.165) is 5.57 Å². The Kier molecular flexibility index (Phi) is 6.92. The molecule has 1 aliphatic carbocycles. The standard InChI is InChI=1S/C16H24NO8P/c1-9-7-11(16(17)20)4-2-3-10(9)5-6-12-14(18)15(19)13(25-12)8-24-26(21,22)23/h2-4,7,10,12-15,18-19H,5-6,8H2,1H3,(H2,17,20)(H2,21,22,23)/t10?,12-,13+,14-,15+/m0/s1. The summed E-state index contributed by atoms with van der Waals surface area (Å²) in [6.07, 6.45) is 3.79. The second-order valence-electron chi connectivity index (χ2n) is 6.42. The first-order valence-corrected chi connectivity index (χ1v) is 9.69. The zero-order chi connectivity index (χ0) is 19.5. The maximum atomic E-state index is 11.3. The largest absolute Gasteiger partial charge is 0.469 e. The molecular weight excluding hydrogens is 365 g/mol. The van der Waals surface area contributed by atoms with Crippen LogP contribution < -0.4 is 5.73 Å². The Bertz CT molecular complexity index is 667. The van der Waals surface area contributed by atoms with E-state index in [1.807, 2.05) is 13.0 Å². The summed E-state index contributed by atoms with van der Waals surface area (Å²) >= 11 is 0. The number of primary amides is 1. The van der Waals surface area contributed by atoms with Gasteiger partial charge in [0.1, 0.15) is 18.3 Å². The van der Waals surface area contributed by atoms with Crippen molar-refractivity contribution in [3.63, 3.8) is 0 Å². The van der Waals surface area contributed by atoms with Crippen LogP contribution >= 0.6 is 7.82 Å². The van der Waals surface area contributed by atoms with Crippen LogP contribution in [0.3, 0.4) is 0 Å². The van der Waals surface area contributed by atoms with Crippen molar-refractivity contribution in [2.24, 2.45) is 11.7 Å². The van der Waals surface area contributed by atoms with Crippen LogP contribution in [0.5, 0.6) is 0 Å². The van der Waals surface area contributed by atoms with Crippen molar-refractivity contribution in [3.05, 3.63) is 35.5 Å². The second kappa shape index (κ2) is 8.58. The number of nitrogens with two attached hydrogens (primary N) is 1. The van der Waals surface area contributed by atoms with Gasteiger partial charge in [-0.3, -0.25) is 9.32 Å². The van der Waals surface area contributed by atoms with Crippen molar-refractivity contribution in [1.82, 2.24) is 0 Å². The highest BCUT2D eigenvalue weighted by atomic mass is 31.2. The van der Waals surface area contributed by atoms with E-state index in [9.17, 15) is 19.6 Å². The number of carbonyl (C=O) groups excluding carboxylic acids is 1. The summed E-state index contributed by atoms with van der Waals surface area (Å²) < 4.78 is 20.6. The Morgan fingerprint density at radius 2 is 1.92 bits per heavy atom. The third-order valence-electron chi connectivity index (χ3n) is 4.50. The fraction of sp³-hybridized carbons (Fsp3) is 0.562. The summed E-state index contributed by atoms with van der Waals surface area (Å²) in [5.74, 6) is -0.512. The zero-order valence-electron chi connectivity index (χ0n) is 14.3. The number of aliphatic hydroxyl groups is 2. The van der Waals surface area contributed by atoms with Crippen LogP contribution in [-0.2, 0) is 18.6 Å². The Labute approximate surface area is 151 Å². The molecule has 26 heavy (non-hydrogen) atoms. The molecule has 0 radical (unpaired) electrons. The van der Waals surface area contributed by atoms with Gasteiger partial charge in [0.2, 0.25) is 5.91 Å². The molecule has 1 heterocycles. The molecule has 0 aromatic carbocycles. The van der Waals surface area contributed by atoms with E-state index in [4.69, 9.17) is 20.3 Å². The lowest BCUT2D eigenvalue weighted by Gasteiger charge is -2.18. The topological polar surface area (TPSA) is 160 Å². The minimum Gasteiger partial charge on any atom is -0.388 e. The van der Waals surface area contributed by atoms with E-state index < -0.39 is 44.8 Å². The van der Waals surface area contributed by atoms with E-state index in [1.165, 1.54) is 0 Å². The van der Waals surface area contributed by atoms with Crippen LogP contribution in [0, 0.1) is 5.92 Å². The molecule has 6 N–H and O–H groups in total. The second-order valence-corrected chi connectivity index (χ2v) is 7.66. The predicted molar refractivity (Wildman–Crippen MR) is 91.6 cm³/mol. The number of rotatable bonds is 7. The van der Waals surface area contributed by atoms with E-state index in [-0.39, 0.29) is 5.92 Å². The Morgan fingerprint density at radius 1 is 1.27 bits per heavy atom. The number of phosphoric acid groups is 1. The molecule has 0 aromatic rings. The smallest absolute Gasteiger partial charge is 0.388 e. The third kappa shape index (κ3) is 5.59. The van der Waals surface area contributed by atoms with Gasteiger partial charge in [-0.05, 0) is 37.8 Å². The molecule has 0 saturated carbocycles. The molecule has 9 nitrogen and oxygen atoms in total. The number of carbonyl (C=O) groups is 1. The maximum absolute atomic E-state index is 11.3. The highest BCUT2D eigenvalue weighted by Gasteiger charge is 2.43. The van der Waals surface area contributed by atoms with Crippen LogP contribution in [0.15, 0.2) is 35.5 Å². The van der Waals surface area contributed by atoms with Crippen LogP contribution in [0.1, 0.15) is 19.8 Å². The Hall–Kier alpha value is -1.32. The van der Waals surface area contributed by atoms with E-state index in [0.29, 0.717) is 18.4 Å². The number of aliphatic hydroxyl groups excluding tert-OH is 2. The molecule has 0 bridgehead atoms. The zero-order valence-corrected chi connectivity index (χ0v) is 15.2. The van der Waals surface area contributed by atoms with Crippen molar-refractivity contribution in [2.45, 2.75) is 44.2 Å². The van der Waals surface area contributed by atoms with Gasteiger partial charge < -0.3 is 30.5 Å². The molecule has 1 aliphatic heterocycles. The lowest BCUT2D eigenvalue weighted by Crippen LogP contribution is -2.34. The fourth-order valence-electron chi connectivity index (χ4n) is 3.04. The molecule has 10 heteroatoms. The Morgan fingerprint density at radius 3 is 2.54 bits per heavy atom. The van der Waals surface area contributed by atoms with Crippen LogP contribution in [0.4, 0.5) is 0 Å². The van der Waals surface area contributed by atoms with Gasteiger partial charge >= 0.3 is 7.82 Å². The lowest BCUT2D eigenvalue weighted by atomic mass is 9.92. The van der Waals surface area contributed by atoms with E-state index in [1.54, 1.807) is 18.2 Å². The SMILES string of the molecule is CC1=CC(C(N)=O)=CC=CC1CC[C@@H]1O[C@H](COP(=O)(O)O)[C@@H](O)[C@H]1O. The number of allylic oxidation sites excluding steroid dienone is 4. The molecule has 1 amide bonds. The minimum atomic E-state index is -4.68. The number of hydrogen-bond acceptors (Lipinski definition) is 6. The molecule has 1 saturated heterocycles. The van der Waals surface area contributed by atoms with Crippen molar-refractivity contribution >= 4 is 13.7 Å². The minimum absolute atomic E-state index is 0.00134. The van der Waals surface area contributed by atoms with Crippen LogP contribution in [0.2, 0.25) is 0 Å². The molecule has 5 atom stereocenters. The first-order chi connectivity index (χ1) is 12.1.